The van der Waals surface area contributed by atoms with E-state index < -0.39 is 0 Å². The molecule has 2 aliphatic heterocycles. The fourth-order valence-corrected chi connectivity index (χ4v) is 2.97. The number of halogens is 1. The van der Waals surface area contributed by atoms with E-state index in [4.69, 9.17) is 0 Å². The Morgan fingerprint density at radius 1 is 1.47 bits per heavy atom. The monoisotopic (exact) mass is 274 g/mol. The molecular formula is C11H19BrN2O. The minimum Gasteiger partial charge on any atom is -0.338 e. The highest BCUT2D eigenvalue weighted by molar-refractivity contribution is 9.09. The summed E-state index contributed by atoms with van der Waals surface area (Å²) in [5, 5.41) is 4.38. The Hall–Kier alpha value is -0.0900. The van der Waals surface area contributed by atoms with Crippen LogP contribution in [0.3, 0.4) is 0 Å². The van der Waals surface area contributed by atoms with E-state index >= 15 is 0 Å². The zero-order valence-corrected chi connectivity index (χ0v) is 10.6. The highest BCUT2D eigenvalue weighted by atomic mass is 79.9. The van der Waals surface area contributed by atoms with Crippen LogP contribution in [-0.4, -0.2) is 41.8 Å². The summed E-state index contributed by atoms with van der Waals surface area (Å²) in [5.41, 5.74) is 0. The first-order valence-corrected chi connectivity index (χ1v) is 6.99. The summed E-state index contributed by atoms with van der Waals surface area (Å²) in [6, 6.07) is 0.448. The molecule has 1 N–H and O–H groups in total. The quantitative estimate of drug-likeness (QED) is 0.772. The lowest BCUT2D eigenvalue weighted by atomic mass is 10.1. The van der Waals surface area contributed by atoms with Gasteiger partial charge >= 0.3 is 0 Å². The highest BCUT2D eigenvalue weighted by Crippen LogP contribution is 2.24. The Balaban J connectivity index is 1.94. The van der Waals surface area contributed by atoms with Gasteiger partial charge in [-0.15, -0.1) is 0 Å². The number of nitrogens with one attached hydrogen (secondary N) is 1. The third-order valence-electron chi connectivity index (χ3n) is 3.42. The third-order valence-corrected chi connectivity index (χ3v) is 4.33. The fourth-order valence-electron chi connectivity index (χ4n) is 2.53. The molecule has 0 spiro atoms. The van der Waals surface area contributed by atoms with Gasteiger partial charge in [0.1, 0.15) is 0 Å². The van der Waals surface area contributed by atoms with Gasteiger partial charge < -0.3 is 10.2 Å². The van der Waals surface area contributed by atoms with Crippen LogP contribution in [0.5, 0.6) is 0 Å². The number of hydrogen-bond donors (Lipinski definition) is 1. The summed E-state index contributed by atoms with van der Waals surface area (Å²) in [7, 11) is 0. The molecule has 0 aromatic carbocycles. The molecule has 15 heavy (non-hydrogen) atoms. The van der Waals surface area contributed by atoms with E-state index in [1.54, 1.807) is 0 Å². The van der Waals surface area contributed by atoms with E-state index in [0.29, 0.717) is 17.9 Å². The Morgan fingerprint density at radius 2 is 2.33 bits per heavy atom. The lowest BCUT2D eigenvalue weighted by molar-refractivity contribution is -0.129. The zero-order chi connectivity index (χ0) is 10.7. The van der Waals surface area contributed by atoms with Gasteiger partial charge in [0.25, 0.3) is 0 Å². The summed E-state index contributed by atoms with van der Waals surface area (Å²) >= 11 is 3.48. The topological polar surface area (TPSA) is 32.3 Å². The van der Waals surface area contributed by atoms with E-state index in [1.165, 1.54) is 19.3 Å². The van der Waals surface area contributed by atoms with Gasteiger partial charge in [0.15, 0.2) is 0 Å². The molecule has 2 aliphatic rings. The number of carbonyl (C=O) groups is 1. The van der Waals surface area contributed by atoms with Crippen LogP contribution in [0.2, 0.25) is 0 Å². The molecule has 0 bridgehead atoms. The Bertz CT molecular complexity index is 227. The van der Waals surface area contributed by atoms with Gasteiger partial charge in [0.2, 0.25) is 5.91 Å². The van der Waals surface area contributed by atoms with Crippen molar-refractivity contribution in [3.8, 4) is 0 Å². The minimum atomic E-state index is 0.355. The second-order valence-corrected chi connectivity index (χ2v) is 5.27. The molecule has 0 radical (unpaired) electrons. The first-order chi connectivity index (χ1) is 7.31. The number of amides is 1. The SMILES string of the molecule is O=C1CC(CBr)CN1C1CCCCNC1. The van der Waals surface area contributed by atoms with Crippen LogP contribution in [0.15, 0.2) is 0 Å². The standard InChI is InChI=1S/C11H19BrN2O/c12-6-9-5-11(15)14(8-9)10-3-1-2-4-13-7-10/h9-10,13H,1-8H2. The van der Waals surface area contributed by atoms with Crippen molar-refractivity contribution >= 4 is 21.8 Å². The molecule has 0 saturated carbocycles. The summed E-state index contributed by atoms with van der Waals surface area (Å²) < 4.78 is 0. The first kappa shape index (κ1) is 11.4. The summed E-state index contributed by atoms with van der Waals surface area (Å²) in [5.74, 6) is 0.883. The number of likely N-dealkylation sites (tertiary alicyclic amines) is 1. The van der Waals surface area contributed by atoms with Crippen molar-refractivity contribution in [1.29, 1.82) is 0 Å². The predicted molar refractivity (Wildman–Crippen MR) is 64.1 cm³/mol. The smallest absolute Gasteiger partial charge is 0.223 e. The maximum absolute atomic E-state index is 11.8. The molecule has 2 unspecified atom stereocenters. The third kappa shape index (κ3) is 2.72. The van der Waals surface area contributed by atoms with Gasteiger partial charge in [-0.3, -0.25) is 4.79 Å². The summed E-state index contributed by atoms with van der Waals surface area (Å²) in [6.07, 6.45) is 4.41. The van der Waals surface area contributed by atoms with Crippen molar-refractivity contribution in [3.05, 3.63) is 0 Å². The molecule has 0 aliphatic carbocycles. The van der Waals surface area contributed by atoms with Gasteiger partial charge in [-0.1, -0.05) is 22.4 Å². The Kier molecular flexibility index (Phi) is 4.03. The van der Waals surface area contributed by atoms with Crippen molar-refractivity contribution in [2.75, 3.05) is 25.0 Å². The Morgan fingerprint density at radius 3 is 3.07 bits per heavy atom. The zero-order valence-electron chi connectivity index (χ0n) is 9.04. The largest absolute Gasteiger partial charge is 0.338 e. The van der Waals surface area contributed by atoms with Crippen LogP contribution in [-0.2, 0) is 4.79 Å². The van der Waals surface area contributed by atoms with E-state index in [1.807, 2.05) is 0 Å². The maximum atomic E-state index is 11.8. The molecule has 0 aromatic heterocycles. The Labute approximate surface area is 99.7 Å². The number of rotatable bonds is 2. The van der Waals surface area contributed by atoms with Crippen LogP contribution < -0.4 is 5.32 Å². The number of hydrogen-bond acceptors (Lipinski definition) is 2. The van der Waals surface area contributed by atoms with Crippen molar-refractivity contribution < 1.29 is 4.79 Å². The lowest BCUT2D eigenvalue weighted by Crippen LogP contribution is -2.42. The minimum absolute atomic E-state index is 0.355. The normalized spacial score (nSPS) is 33.1. The van der Waals surface area contributed by atoms with Crippen LogP contribution in [0.4, 0.5) is 0 Å². The van der Waals surface area contributed by atoms with Gasteiger partial charge in [0.05, 0.1) is 0 Å². The van der Waals surface area contributed by atoms with Gasteiger partial charge in [0, 0.05) is 30.9 Å². The lowest BCUT2D eigenvalue weighted by Gasteiger charge is -2.27. The molecule has 2 saturated heterocycles. The maximum Gasteiger partial charge on any atom is 0.223 e. The van der Waals surface area contributed by atoms with E-state index in [-0.39, 0.29) is 0 Å². The highest BCUT2D eigenvalue weighted by Gasteiger charge is 2.33. The molecule has 1 amide bonds. The number of alkyl halides is 1. The van der Waals surface area contributed by atoms with Crippen molar-refractivity contribution in [3.63, 3.8) is 0 Å². The van der Waals surface area contributed by atoms with Gasteiger partial charge in [-0.2, -0.15) is 0 Å². The van der Waals surface area contributed by atoms with Crippen LogP contribution in [0.25, 0.3) is 0 Å². The van der Waals surface area contributed by atoms with Crippen LogP contribution in [0.1, 0.15) is 25.7 Å². The molecule has 4 heteroatoms. The van der Waals surface area contributed by atoms with Crippen LogP contribution in [0, 0.1) is 5.92 Å². The summed E-state index contributed by atoms with van der Waals surface area (Å²) in [4.78, 5) is 13.9. The van der Waals surface area contributed by atoms with E-state index in [9.17, 15) is 4.79 Å². The second kappa shape index (κ2) is 5.30. The molecule has 2 fully saturated rings. The van der Waals surface area contributed by atoms with Crippen molar-refractivity contribution in [2.45, 2.75) is 31.7 Å². The molecule has 2 rings (SSSR count). The number of nitrogens with zero attached hydrogens (tertiary/aromatic N) is 1. The van der Waals surface area contributed by atoms with Crippen LogP contribution >= 0.6 is 15.9 Å². The van der Waals surface area contributed by atoms with Gasteiger partial charge in [-0.25, -0.2) is 0 Å². The first-order valence-electron chi connectivity index (χ1n) is 5.87. The predicted octanol–water partition coefficient (Wildman–Crippen LogP) is 1.37. The van der Waals surface area contributed by atoms with Crippen molar-refractivity contribution in [1.82, 2.24) is 10.2 Å². The second-order valence-electron chi connectivity index (χ2n) is 4.62. The molecule has 2 heterocycles. The fraction of sp³-hybridized carbons (Fsp3) is 0.909. The molecule has 0 aromatic rings. The average Bonchev–Trinajstić information content (AvgIpc) is 2.48. The average molecular weight is 275 g/mol. The van der Waals surface area contributed by atoms with Crippen molar-refractivity contribution in [2.24, 2.45) is 5.92 Å². The molecular weight excluding hydrogens is 256 g/mol. The number of carbonyl (C=O) groups excluding carboxylic acids is 1. The van der Waals surface area contributed by atoms with E-state index in [0.717, 1.165) is 31.4 Å². The van der Waals surface area contributed by atoms with Gasteiger partial charge in [-0.05, 0) is 25.3 Å². The molecule has 2 atom stereocenters. The molecule has 86 valence electrons. The molecule has 3 nitrogen and oxygen atoms in total. The van der Waals surface area contributed by atoms with E-state index in [2.05, 4.69) is 26.1 Å². The summed E-state index contributed by atoms with van der Waals surface area (Å²) in [6.45, 7) is 3.05.